The number of hydrogen-bond donors (Lipinski definition) is 2. The van der Waals surface area contributed by atoms with Gasteiger partial charge in [0.05, 0.1) is 0 Å². The normalized spacial score (nSPS) is 13.4. The van der Waals surface area contributed by atoms with Crippen LogP contribution in [-0.4, -0.2) is 18.5 Å². The Balaban J connectivity index is 0.000000240. The van der Waals surface area contributed by atoms with E-state index in [4.69, 9.17) is 18.7 Å². The molecule has 0 amide bonds. The van der Waals surface area contributed by atoms with Crippen LogP contribution in [0.5, 0.6) is 0 Å². The molecule has 2 aromatic carbocycles. The fraction of sp³-hybridized carbons (Fsp3) is 0.231. The van der Waals surface area contributed by atoms with E-state index >= 15 is 0 Å². The average Bonchev–Trinajstić information content (AvgIpc) is 2.36. The highest BCUT2D eigenvalue weighted by Gasteiger charge is 2.44. The molecule has 2 rings (SSSR count). The van der Waals surface area contributed by atoms with Crippen LogP contribution in [-0.2, 0) is 10.1 Å². The maximum atomic E-state index is 10.7. The van der Waals surface area contributed by atoms with Gasteiger partial charge in [-0.3, -0.25) is 4.55 Å². The van der Waals surface area contributed by atoms with Gasteiger partial charge in [-0.1, -0.05) is 42.5 Å². The molecular weight excluding hydrogens is 307 g/mol. The lowest BCUT2D eigenvalue weighted by Crippen LogP contribution is -2.21. The Morgan fingerprint density at radius 2 is 1.57 bits per heavy atom. The number of nitrogens with two attached hydrogens (primary N) is 1. The van der Waals surface area contributed by atoms with Gasteiger partial charge in [-0.25, -0.2) is 0 Å². The monoisotopic (exact) mass is 321 g/mol. The summed E-state index contributed by atoms with van der Waals surface area (Å²) in [7, 11) is -5.84. The van der Waals surface area contributed by atoms with E-state index in [1.807, 2.05) is 19.1 Å². The molecule has 1 unspecified atom stereocenters. The first-order valence-corrected chi connectivity index (χ1v) is 7.25. The van der Waals surface area contributed by atoms with Crippen molar-refractivity contribution in [1.82, 2.24) is 0 Å². The number of hydrogen-bond acceptors (Lipinski definition) is 3. The van der Waals surface area contributed by atoms with Crippen LogP contribution in [0.25, 0.3) is 10.8 Å². The van der Waals surface area contributed by atoms with Crippen LogP contribution in [0, 0.1) is 0 Å². The molecule has 0 aliphatic rings. The zero-order valence-electron chi connectivity index (χ0n) is 11.0. The van der Waals surface area contributed by atoms with E-state index in [2.05, 4.69) is 30.3 Å². The van der Waals surface area contributed by atoms with Gasteiger partial charge in [-0.05, 0) is 23.3 Å². The average molecular weight is 321 g/mol. The molecule has 0 spiro atoms. The minimum absolute atomic E-state index is 0.103. The van der Waals surface area contributed by atoms with Crippen molar-refractivity contribution in [3.8, 4) is 0 Å². The molecule has 0 bridgehead atoms. The molecule has 0 fully saturated rings. The molecular formula is C13H14F3NO3S. The van der Waals surface area contributed by atoms with Crippen LogP contribution in [0.1, 0.15) is 18.5 Å². The maximum absolute atomic E-state index is 10.7. The van der Waals surface area contributed by atoms with E-state index in [1.54, 1.807) is 0 Å². The largest absolute Gasteiger partial charge is 0.522 e. The second-order valence-corrected chi connectivity index (χ2v) is 5.69. The van der Waals surface area contributed by atoms with Crippen molar-refractivity contribution >= 4 is 20.9 Å². The first-order chi connectivity index (χ1) is 9.54. The second-order valence-electron chi connectivity index (χ2n) is 4.28. The molecule has 0 saturated carbocycles. The van der Waals surface area contributed by atoms with Crippen LogP contribution < -0.4 is 5.73 Å². The fourth-order valence-corrected chi connectivity index (χ4v) is 1.65. The Labute approximate surface area is 120 Å². The van der Waals surface area contributed by atoms with Crippen molar-refractivity contribution in [2.24, 2.45) is 5.73 Å². The number of alkyl halides is 3. The Bertz CT molecular complexity index is 707. The molecule has 116 valence electrons. The highest BCUT2D eigenvalue weighted by Crippen LogP contribution is 2.22. The van der Waals surface area contributed by atoms with E-state index < -0.39 is 15.6 Å². The van der Waals surface area contributed by atoms with Gasteiger partial charge in [0.25, 0.3) is 0 Å². The summed E-state index contributed by atoms with van der Waals surface area (Å²) >= 11 is 0. The molecule has 4 nitrogen and oxygen atoms in total. The molecule has 0 radical (unpaired) electrons. The number of rotatable bonds is 1. The first kappa shape index (κ1) is 17.4. The van der Waals surface area contributed by atoms with Gasteiger partial charge < -0.3 is 5.73 Å². The summed E-state index contributed by atoms with van der Waals surface area (Å²) in [5, 5.41) is 2.53. The molecule has 0 saturated heterocycles. The predicted molar refractivity (Wildman–Crippen MR) is 74.2 cm³/mol. The van der Waals surface area contributed by atoms with Gasteiger partial charge in [0.1, 0.15) is 0 Å². The number of fused-ring (bicyclic) bond motifs is 1. The third kappa shape index (κ3) is 4.69. The standard InChI is InChI=1S/C12H13N.CHF3O3S/c1-9(13)11-8-4-6-10-5-2-3-7-12(10)11;2-1(3,4)8(5,6)7/h2-9H,13H2,1H3;(H,5,6,7). The van der Waals surface area contributed by atoms with Crippen LogP contribution in [0.3, 0.4) is 0 Å². The molecule has 21 heavy (non-hydrogen) atoms. The Morgan fingerprint density at radius 1 is 1.10 bits per heavy atom. The molecule has 8 heteroatoms. The van der Waals surface area contributed by atoms with E-state index in [0.717, 1.165) is 0 Å². The molecule has 0 aliphatic carbocycles. The summed E-state index contributed by atoms with van der Waals surface area (Å²) in [6.07, 6.45) is 0. The summed E-state index contributed by atoms with van der Waals surface area (Å²) in [5.41, 5.74) is 1.57. The minimum Gasteiger partial charge on any atom is -0.324 e. The lowest BCUT2D eigenvalue weighted by atomic mass is 10.0. The topological polar surface area (TPSA) is 80.4 Å². The zero-order valence-corrected chi connectivity index (χ0v) is 11.8. The van der Waals surface area contributed by atoms with Crippen LogP contribution >= 0.6 is 0 Å². The zero-order chi connectivity index (χ0) is 16.3. The van der Waals surface area contributed by atoms with E-state index in [0.29, 0.717) is 0 Å². The van der Waals surface area contributed by atoms with E-state index in [1.165, 1.54) is 16.3 Å². The summed E-state index contributed by atoms with van der Waals surface area (Å²) < 4.78 is 57.5. The molecule has 0 aromatic heterocycles. The Hall–Kier alpha value is -1.64. The summed E-state index contributed by atoms with van der Waals surface area (Å²) in [6.45, 7) is 2.02. The summed E-state index contributed by atoms with van der Waals surface area (Å²) in [6, 6.07) is 14.7. The van der Waals surface area contributed by atoms with Gasteiger partial charge in [0.2, 0.25) is 0 Å². The van der Waals surface area contributed by atoms with Gasteiger partial charge in [0.15, 0.2) is 0 Å². The molecule has 1 atom stereocenters. The quantitative estimate of drug-likeness (QED) is 0.624. The third-order valence-corrected chi connectivity index (χ3v) is 3.19. The lowest BCUT2D eigenvalue weighted by molar-refractivity contribution is -0.0510. The fourth-order valence-electron chi connectivity index (χ4n) is 1.65. The van der Waals surface area contributed by atoms with Crippen LogP contribution in [0.2, 0.25) is 0 Å². The van der Waals surface area contributed by atoms with Gasteiger partial charge in [-0.15, -0.1) is 0 Å². The molecule has 3 N–H and O–H groups in total. The second kappa shape index (κ2) is 6.42. The van der Waals surface area contributed by atoms with Gasteiger partial charge in [-0.2, -0.15) is 21.6 Å². The third-order valence-electron chi connectivity index (χ3n) is 2.61. The predicted octanol–water partition coefficient (Wildman–Crippen LogP) is 3.25. The SMILES string of the molecule is CC(N)c1cccc2ccccc12.O=S(=O)(O)C(F)(F)F. The number of halogens is 3. The first-order valence-electron chi connectivity index (χ1n) is 5.81. The van der Waals surface area contributed by atoms with Crippen molar-refractivity contribution in [3.05, 3.63) is 48.0 Å². The molecule has 0 aliphatic heterocycles. The Morgan fingerprint density at radius 3 is 2.05 bits per heavy atom. The van der Waals surface area contributed by atoms with Crippen molar-refractivity contribution in [1.29, 1.82) is 0 Å². The minimum atomic E-state index is -5.84. The lowest BCUT2D eigenvalue weighted by Gasteiger charge is -2.09. The summed E-state index contributed by atoms with van der Waals surface area (Å²) in [5.74, 6) is 0. The number of benzene rings is 2. The van der Waals surface area contributed by atoms with Gasteiger partial charge in [0, 0.05) is 6.04 Å². The maximum Gasteiger partial charge on any atom is 0.522 e. The smallest absolute Gasteiger partial charge is 0.324 e. The highest BCUT2D eigenvalue weighted by molar-refractivity contribution is 7.86. The summed E-state index contributed by atoms with van der Waals surface area (Å²) in [4.78, 5) is 0. The Kier molecular flexibility index (Phi) is 5.32. The van der Waals surface area contributed by atoms with Crippen molar-refractivity contribution in [3.63, 3.8) is 0 Å². The van der Waals surface area contributed by atoms with Gasteiger partial charge >= 0.3 is 15.6 Å². The molecule has 2 aromatic rings. The van der Waals surface area contributed by atoms with Crippen molar-refractivity contribution < 1.29 is 26.1 Å². The van der Waals surface area contributed by atoms with Crippen molar-refractivity contribution in [2.45, 2.75) is 18.5 Å². The molecule has 0 heterocycles. The van der Waals surface area contributed by atoms with Crippen LogP contribution in [0.4, 0.5) is 13.2 Å². The van der Waals surface area contributed by atoms with E-state index in [9.17, 15) is 13.2 Å². The van der Waals surface area contributed by atoms with E-state index in [-0.39, 0.29) is 6.04 Å². The van der Waals surface area contributed by atoms with Crippen molar-refractivity contribution in [2.75, 3.05) is 0 Å². The van der Waals surface area contributed by atoms with Crippen LogP contribution in [0.15, 0.2) is 42.5 Å². The highest BCUT2D eigenvalue weighted by atomic mass is 32.2.